The highest BCUT2D eigenvalue weighted by molar-refractivity contribution is 6.05. The van der Waals surface area contributed by atoms with Gasteiger partial charge in [0.05, 0.1) is 6.61 Å². The largest absolute Gasteiger partial charge is 0.370 e. The molecule has 1 atom stereocenters. The minimum Gasteiger partial charge on any atom is -0.370 e. The van der Waals surface area contributed by atoms with Gasteiger partial charge in [0.2, 0.25) is 11.8 Å². The Kier molecular flexibility index (Phi) is 4.22. The van der Waals surface area contributed by atoms with Crippen molar-refractivity contribution in [1.82, 2.24) is 20.4 Å². The number of imide groups is 1. The van der Waals surface area contributed by atoms with E-state index < -0.39 is 6.04 Å². The molecule has 0 aromatic heterocycles. The van der Waals surface area contributed by atoms with Crippen LogP contribution in [0.15, 0.2) is 18.2 Å². The maximum Gasteiger partial charge on any atom is 0.255 e. The van der Waals surface area contributed by atoms with Crippen molar-refractivity contribution < 1.29 is 19.1 Å². The fourth-order valence-electron chi connectivity index (χ4n) is 4.85. The Morgan fingerprint density at radius 2 is 2.07 bits per heavy atom. The third kappa shape index (κ3) is 2.92. The van der Waals surface area contributed by atoms with E-state index in [1.165, 1.54) is 0 Å². The number of nitrogens with zero attached hydrogens (tertiary/aromatic N) is 2. The van der Waals surface area contributed by atoms with Crippen molar-refractivity contribution in [3.63, 3.8) is 0 Å². The standard InChI is InChI=1S/C20H24N4O4/c25-16-5-4-15(18(26)22-16)24-9-14-3-1-2-13(17(14)19(24)27)8-23-11-20(12-23)10-21-6-7-28-20/h1-3,15,21H,4-12H2,(H,22,25,26). The first-order valence-corrected chi connectivity index (χ1v) is 9.87. The summed E-state index contributed by atoms with van der Waals surface area (Å²) in [5, 5.41) is 5.74. The highest BCUT2D eigenvalue weighted by atomic mass is 16.5. The van der Waals surface area contributed by atoms with Gasteiger partial charge in [-0.2, -0.15) is 0 Å². The number of carbonyl (C=O) groups is 3. The van der Waals surface area contributed by atoms with Crippen molar-refractivity contribution in [3.05, 3.63) is 34.9 Å². The van der Waals surface area contributed by atoms with Crippen molar-refractivity contribution in [3.8, 4) is 0 Å². The lowest BCUT2D eigenvalue weighted by atomic mass is 9.91. The molecule has 8 heteroatoms. The molecule has 148 valence electrons. The number of amides is 3. The first-order chi connectivity index (χ1) is 13.5. The number of morpholine rings is 1. The molecule has 5 rings (SSSR count). The van der Waals surface area contributed by atoms with Crippen LogP contribution in [0.2, 0.25) is 0 Å². The molecule has 4 heterocycles. The Hall–Kier alpha value is -2.29. The van der Waals surface area contributed by atoms with Crippen LogP contribution in [-0.4, -0.2) is 72.0 Å². The number of rotatable bonds is 3. The second-order valence-electron chi connectivity index (χ2n) is 8.20. The van der Waals surface area contributed by atoms with Gasteiger partial charge in [-0.15, -0.1) is 0 Å². The predicted molar refractivity (Wildman–Crippen MR) is 99.3 cm³/mol. The molecule has 28 heavy (non-hydrogen) atoms. The Balaban J connectivity index is 1.31. The molecule has 2 N–H and O–H groups in total. The molecule has 3 amide bonds. The lowest BCUT2D eigenvalue weighted by Crippen LogP contribution is -2.69. The summed E-state index contributed by atoms with van der Waals surface area (Å²) in [6, 6.07) is 5.35. The highest BCUT2D eigenvalue weighted by Crippen LogP contribution is 2.33. The van der Waals surface area contributed by atoms with Gasteiger partial charge in [-0.1, -0.05) is 18.2 Å². The third-order valence-corrected chi connectivity index (χ3v) is 6.19. The molecule has 4 aliphatic rings. The fourth-order valence-corrected chi connectivity index (χ4v) is 4.85. The number of benzene rings is 1. The maximum atomic E-state index is 13.1. The van der Waals surface area contributed by atoms with Crippen LogP contribution in [-0.2, 0) is 27.4 Å². The summed E-state index contributed by atoms with van der Waals surface area (Å²) in [5.74, 6) is -0.742. The minimum atomic E-state index is -0.570. The second kappa shape index (κ2) is 6.65. The molecule has 0 aliphatic carbocycles. The molecule has 0 saturated carbocycles. The van der Waals surface area contributed by atoms with E-state index in [9.17, 15) is 14.4 Å². The number of hydrogen-bond donors (Lipinski definition) is 2. The summed E-state index contributed by atoms with van der Waals surface area (Å²) in [6.07, 6.45) is 0.659. The van der Waals surface area contributed by atoms with E-state index in [0.717, 1.165) is 49.5 Å². The molecule has 0 bridgehead atoms. The van der Waals surface area contributed by atoms with Crippen molar-refractivity contribution in [2.24, 2.45) is 0 Å². The quantitative estimate of drug-likeness (QED) is 0.691. The summed E-state index contributed by atoms with van der Waals surface area (Å²) < 4.78 is 5.95. The van der Waals surface area contributed by atoms with E-state index in [4.69, 9.17) is 4.74 Å². The van der Waals surface area contributed by atoms with Gasteiger partial charge in [0.25, 0.3) is 5.91 Å². The van der Waals surface area contributed by atoms with Gasteiger partial charge < -0.3 is 15.0 Å². The zero-order valence-corrected chi connectivity index (χ0v) is 15.7. The molecular formula is C20H24N4O4. The number of fused-ring (bicyclic) bond motifs is 1. The Bertz CT molecular complexity index is 841. The second-order valence-corrected chi connectivity index (χ2v) is 8.20. The molecule has 0 radical (unpaired) electrons. The minimum absolute atomic E-state index is 0.0844. The normalized spacial score (nSPS) is 26.9. The van der Waals surface area contributed by atoms with Crippen molar-refractivity contribution in [1.29, 1.82) is 0 Å². The highest BCUT2D eigenvalue weighted by Gasteiger charge is 2.46. The van der Waals surface area contributed by atoms with Gasteiger partial charge in [-0.05, 0) is 17.5 Å². The summed E-state index contributed by atoms with van der Waals surface area (Å²) in [5.41, 5.74) is 2.59. The third-order valence-electron chi connectivity index (χ3n) is 6.19. The van der Waals surface area contributed by atoms with Gasteiger partial charge in [0.1, 0.15) is 11.6 Å². The topological polar surface area (TPSA) is 91.0 Å². The lowest BCUT2D eigenvalue weighted by molar-refractivity contribution is -0.158. The molecule has 4 aliphatic heterocycles. The summed E-state index contributed by atoms with van der Waals surface area (Å²) in [4.78, 5) is 40.7. The van der Waals surface area contributed by atoms with E-state index in [-0.39, 0.29) is 29.7 Å². The summed E-state index contributed by atoms with van der Waals surface area (Å²) in [7, 11) is 0. The van der Waals surface area contributed by atoms with E-state index in [1.807, 2.05) is 18.2 Å². The van der Waals surface area contributed by atoms with E-state index in [0.29, 0.717) is 19.5 Å². The predicted octanol–water partition coefficient (Wildman–Crippen LogP) is -0.378. The van der Waals surface area contributed by atoms with Crippen LogP contribution in [0.25, 0.3) is 0 Å². The number of hydrogen-bond acceptors (Lipinski definition) is 6. The van der Waals surface area contributed by atoms with Crippen LogP contribution in [0, 0.1) is 0 Å². The summed E-state index contributed by atoms with van der Waals surface area (Å²) in [6.45, 7) is 5.35. The SMILES string of the molecule is O=C1CCC(N2Cc3cccc(CN4CC5(CNCCO5)C4)c3C2=O)C(=O)N1. The molecule has 8 nitrogen and oxygen atoms in total. The van der Waals surface area contributed by atoms with Crippen LogP contribution < -0.4 is 10.6 Å². The number of piperidine rings is 1. The number of likely N-dealkylation sites (tertiary alicyclic amines) is 1. The van der Waals surface area contributed by atoms with Crippen molar-refractivity contribution in [2.45, 2.75) is 37.6 Å². The fraction of sp³-hybridized carbons (Fsp3) is 0.550. The average Bonchev–Trinajstić information content (AvgIpc) is 2.99. The Morgan fingerprint density at radius 3 is 2.82 bits per heavy atom. The van der Waals surface area contributed by atoms with Gasteiger partial charge in [-0.3, -0.25) is 24.6 Å². The Labute approximate surface area is 163 Å². The van der Waals surface area contributed by atoms with E-state index in [2.05, 4.69) is 15.5 Å². The Morgan fingerprint density at radius 1 is 1.21 bits per heavy atom. The van der Waals surface area contributed by atoms with Crippen LogP contribution in [0.4, 0.5) is 0 Å². The molecule has 1 spiro atoms. The van der Waals surface area contributed by atoms with E-state index in [1.54, 1.807) is 4.90 Å². The molecule has 1 aromatic rings. The monoisotopic (exact) mass is 384 g/mol. The van der Waals surface area contributed by atoms with Gasteiger partial charge in [-0.25, -0.2) is 0 Å². The van der Waals surface area contributed by atoms with Gasteiger partial charge >= 0.3 is 0 Å². The smallest absolute Gasteiger partial charge is 0.255 e. The molecule has 3 saturated heterocycles. The van der Waals surface area contributed by atoms with Gasteiger partial charge in [0.15, 0.2) is 0 Å². The number of carbonyl (C=O) groups excluding carboxylic acids is 3. The molecular weight excluding hydrogens is 360 g/mol. The zero-order chi connectivity index (χ0) is 19.3. The molecule has 1 unspecified atom stereocenters. The van der Waals surface area contributed by atoms with Crippen LogP contribution in [0.3, 0.4) is 0 Å². The van der Waals surface area contributed by atoms with Gasteiger partial charge in [0, 0.05) is 51.3 Å². The maximum absolute atomic E-state index is 13.1. The first-order valence-electron chi connectivity index (χ1n) is 9.87. The van der Waals surface area contributed by atoms with E-state index >= 15 is 0 Å². The average molecular weight is 384 g/mol. The van der Waals surface area contributed by atoms with Crippen molar-refractivity contribution in [2.75, 3.05) is 32.8 Å². The molecule has 3 fully saturated rings. The van der Waals surface area contributed by atoms with Crippen LogP contribution in [0.5, 0.6) is 0 Å². The number of ether oxygens (including phenoxy) is 1. The van der Waals surface area contributed by atoms with Crippen LogP contribution >= 0.6 is 0 Å². The first kappa shape index (κ1) is 17.8. The zero-order valence-electron chi connectivity index (χ0n) is 15.7. The molecule has 1 aromatic carbocycles. The van der Waals surface area contributed by atoms with Crippen molar-refractivity contribution >= 4 is 17.7 Å². The summed E-state index contributed by atoms with van der Waals surface area (Å²) >= 11 is 0. The lowest BCUT2D eigenvalue weighted by Gasteiger charge is -2.51. The number of nitrogens with one attached hydrogen (secondary N) is 2. The van der Waals surface area contributed by atoms with Crippen LogP contribution in [0.1, 0.15) is 34.3 Å².